The van der Waals surface area contributed by atoms with Crippen LogP contribution in [-0.4, -0.2) is 17.1 Å². The van der Waals surface area contributed by atoms with E-state index < -0.39 is 6.43 Å². The highest BCUT2D eigenvalue weighted by atomic mass is 19.3. The summed E-state index contributed by atoms with van der Waals surface area (Å²) in [5.41, 5.74) is 8.58. The van der Waals surface area contributed by atoms with E-state index >= 15 is 0 Å². The van der Waals surface area contributed by atoms with Crippen LogP contribution in [0.15, 0.2) is 36.5 Å². The van der Waals surface area contributed by atoms with Gasteiger partial charge in [-0.25, -0.2) is 8.78 Å². The fraction of sp³-hybridized carbons (Fsp3) is 0.500. The molecular weight excluding hydrogens is 346 g/mol. The summed E-state index contributed by atoms with van der Waals surface area (Å²) < 4.78 is 32.0. The predicted octanol–water partition coefficient (Wildman–Crippen LogP) is 5.71. The molecule has 5 heteroatoms. The quantitative estimate of drug-likeness (QED) is 0.644. The summed E-state index contributed by atoms with van der Waals surface area (Å²) in [5.74, 6) is 1.83. The predicted molar refractivity (Wildman–Crippen MR) is 104 cm³/mol. The molecule has 1 saturated carbocycles. The van der Waals surface area contributed by atoms with Gasteiger partial charge in [0.05, 0.1) is 0 Å². The Bertz CT molecular complexity index is 786. The molecule has 1 aromatic heterocycles. The minimum atomic E-state index is -2.57. The summed E-state index contributed by atoms with van der Waals surface area (Å²) in [7, 11) is 0. The minimum absolute atomic E-state index is 0.201. The molecule has 0 saturated heterocycles. The first-order valence-electron chi connectivity index (χ1n) is 9.55. The summed E-state index contributed by atoms with van der Waals surface area (Å²) in [6.07, 6.45) is 2.01. The van der Waals surface area contributed by atoms with E-state index in [1.165, 1.54) is 12.3 Å². The molecule has 0 amide bonds. The lowest BCUT2D eigenvalue weighted by Crippen LogP contribution is -2.43. The molecule has 2 N–H and O–H groups in total. The van der Waals surface area contributed by atoms with Gasteiger partial charge in [-0.05, 0) is 79.0 Å². The van der Waals surface area contributed by atoms with Crippen molar-refractivity contribution in [1.29, 1.82) is 0 Å². The smallest absolute Gasteiger partial charge is 0.280 e. The van der Waals surface area contributed by atoms with Gasteiger partial charge >= 0.3 is 0 Å². The molecule has 1 unspecified atom stereocenters. The largest absolute Gasteiger partial charge is 0.491 e. The molecular formula is C22H28F2N2O. The molecule has 0 aliphatic heterocycles. The average Bonchev–Trinajstić information content (AvgIpc) is 3.44. The van der Waals surface area contributed by atoms with Crippen LogP contribution in [0.25, 0.3) is 11.1 Å². The number of alkyl halides is 2. The molecule has 3 rings (SSSR count). The van der Waals surface area contributed by atoms with Crippen LogP contribution in [0, 0.1) is 5.92 Å². The van der Waals surface area contributed by atoms with Gasteiger partial charge < -0.3 is 10.5 Å². The number of pyridine rings is 1. The van der Waals surface area contributed by atoms with Crippen LogP contribution in [0.2, 0.25) is 0 Å². The topological polar surface area (TPSA) is 48.1 Å². The van der Waals surface area contributed by atoms with Crippen LogP contribution in [0.4, 0.5) is 8.78 Å². The van der Waals surface area contributed by atoms with Crippen LogP contribution >= 0.6 is 0 Å². The molecule has 2 aromatic rings. The third kappa shape index (κ3) is 5.25. The van der Waals surface area contributed by atoms with Crippen molar-refractivity contribution in [1.82, 2.24) is 4.98 Å². The van der Waals surface area contributed by atoms with E-state index in [-0.39, 0.29) is 11.2 Å². The first kappa shape index (κ1) is 19.7. The lowest BCUT2D eigenvalue weighted by atomic mass is 9.92. The zero-order valence-electron chi connectivity index (χ0n) is 16.2. The summed E-state index contributed by atoms with van der Waals surface area (Å²) in [5, 5.41) is 0. The average molecular weight is 374 g/mol. The van der Waals surface area contributed by atoms with Crippen molar-refractivity contribution < 1.29 is 13.5 Å². The maximum absolute atomic E-state index is 13.0. The summed E-state index contributed by atoms with van der Waals surface area (Å²) in [6, 6.07) is 9.14. The van der Waals surface area contributed by atoms with E-state index in [0.29, 0.717) is 18.4 Å². The Kier molecular flexibility index (Phi) is 5.80. The molecule has 1 atom stereocenters. The lowest BCUT2D eigenvalue weighted by Gasteiger charge is -2.27. The van der Waals surface area contributed by atoms with Crippen LogP contribution in [0.5, 0.6) is 5.75 Å². The highest BCUT2D eigenvalue weighted by Crippen LogP contribution is 2.45. The van der Waals surface area contributed by atoms with E-state index in [4.69, 9.17) is 10.5 Å². The van der Waals surface area contributed by atoms with E-state index in [2.05, 4.69) is 24.9 Å². The van der Waals surface area contributed by atoms with Gasteiger partial charge in [0.25, 0.3) is 6.43 Å². The van der Waals surface area contributed by atoms with E-state index in [9.17, 15) is 8.78 Å². The second-order valence-electron chi connectivity index (χ2n) is 8.34. The number of hydrogen-bond donors (Lipinski definition) is 1. The van der Waals surface area contributed by atoms with Gasteiger partial charge in [-0.1, -0.05) is 19.9 Å². The number of hydrogen-bond acceptors (Lipinski definition) is 3. The van der Waals surface area contributed by atoms with E-state index in [0.717, 1.165) is 41.7 Å². The number of halogens is 2. The van der Waals surface area contributed by atoms with Crippen molar-refractivity contribution in [3.63, 3.8) is 0 Å². The zero-order chi connectivity index (χ0) is 19.6. The molecule has 1 fully saturated rings. The van der Waals surface area contributed by atoms with Crippen LogP contribution in [0.1, 0.15) is 63.6 Å². The van der Waals surface area contributed by atoms with Crippen molar-refractivity contribution in [2.24, 2.45) is 11.7 Å². The molecule has 0 bridgehead atoms. The van der Waals surface area contributed by atoms with Crippen LogP contribution in [0.3, 0.4) is 0 Å². The fourth-order valence-electron chi connectivity index (χ4n) is 3.55. The third-order valence-corrected chi connectivity index (χ3v) is 4.80. The van der Waals surface area contributed by atoms with Crippen molar-refractivity contribution >= 4 is 0 Å². The number of nitrogens with two attached hydrogens (primary N) is 1. The molecule has 3 nitrogen and oxygen atoms in total. The van der Waals surface area contributed by atoms with Crippen LogP contribution < -0.4 is 10.5 Å². The first-order chi connectivity index (χ1) is 12.7. The van der Waals surface area contributed by atoms with Gasteiger partial charge in [0.2, 0.25) is 0 Å². The monoisotopic (exact) mass is 374 g/mol. The van der Waals surface area contributed by atoms with Gasteiger partial charge in [0.1, 0.15) is 18.1 Å². The Hall–Kier alpha value is -2.01. The SMILES string of the molecule is CC(C)CC(C)(N)COc1ccc(-c2ccnc(C(F)F)c2)cc1C1CC1. The normalized spacial score (nSPS) is 16.6. The maximum Gasteiger partial charge on any atom is 0.280 e. The zero-order valence-corrected chi connectivity index (χ0v) is 16.2. The maximum atomic E-state index is 13.0. The van der Waals surface area contributed by atoms with Crippen LogP contribution in [-0.2, 0) is 0 Å². The highest BCUT2D eigenvalue weighted by Gasteiger charge is 2.28. The van der Waals surface area contributed by atoms with Gasteiger partial charge in [-0.2, -0.15) is 0 Å². The fourth-order valence-corrected chi connectivity index (χ4v) is 3.55. The molecule has 146 valence electrons. The lowest BCUT2D eigenvalue weighted by molar-refractivity contribution is 0.146. The van der Waals surface area contributed by atoms with Gasteiger partial charge in [0, 0.05) is 11.7 Å². The summed E-state index contributed by atoms with van der Waals surface area (Å²) in [6.45, 7) is 6.77. The molecule has 0 radical (unpaired) electrons. The Labute approximate surface area is 160 Å². The molecule has 1 heterocycles. The molecule has 1 aromatic carbocycles. The molecule has 1 aliphatic carbocycles. The molecule has 1 aliphatic rings. The number of ether oxygens (including phenoxy) is 1. The second-order valence-corrected chi connectivity index (χ2v) is 8.34. The van der Waals surface area contributed by atoms with Crippen molar-refractivity contribution in [3.8, 4) is 16.9 Å². The van der Waals surface area contributed by atoms with Gasteiger partial charge in [0.15, 0.2) is 0 Å². The van der Waals surface area contributed by atoms with Crippen molar-refractivity contribution in [3.05, 3.63) is 47.8 Å². The van der Waals surface area contributed by atoms with E-state index in [1.807, 2.05) is 19.1 Å². The Morgan fingerprint density at radius 2 is 1.89 bits per heavy atom. The third-order valence-electron chi connectivity index (χ3n) is 4.80. The number of aromatic nitrogens is 1. The second kappa shape index (κ2) is 7.93. The Morgan fingerprint density at radius 3 is 2.52 bits per heavy atom. The number of nitrogens with zero attached hydrogens (tertiary/aromatic N) is 1. The van der Waals surface area contributed by atoms with Crippen molar-refractivity contribution in [2.75, 3.05) is 6.61 Å². The summed E-state index contributed by atoms with van der Waals surface area (Å²) in [4.78, 5) is 3.74. The number of rotatable bonds is 8. The molecule has 0 spiro atoms. The summed E-state index contributed by atoms with van der Waals surface area (Å²) >= 11 is 0. The molecule has 27 heavy (non-hydrogen) atoms. The standard InChI is InChI=1S/C22H28F2N2O/c1-14(2)12-22(3,25)13-27-20-7-6-16(10-18(20)15-4-5-15)17-8-9-26-19(11-17)21(23)24/h6-11,14-15,21H,4-5,12-13,25H2,1-3H3. The van der Waals surface area contributed by atoms with Gasteiger partial charge in [-0.15, -0.1) is 0 Å². The number of benzene rings is 1. The Morgan fingerprint density at radius 1 is 1.19 bits per heavy atom. The Balaban J connectivity index is 1.82. The first-order valence-corrected chi connectivity index (χ1v) is 9.55. The highest BCUT2D eigenvalue weighted by molar-refractivity contribution is 5.66. The van der Waals surface area contributed by atoms with Gasteiger partial charge in [-0.3, -0.25) is 4.98 Å². The van der Waals surface area contributed by atoms with Crippen molar-refractivity contribution in [2.45, 2.75) is 57.9 Å². The van der Waals surface area contributed by atoms with E-state index in [1.54, 1.807) is 6.07 Å². The minimum Gasteiger partial charge on any atom is -0.491 e.